The molecule has 0 bridgehead atoms. The molecule has 0 fully saturated rings. The molecule has 1 heterocycles. The number of hydrogen-bond acceptors (Lipinski definition) is 3. The predicted octanol–water partition coefficient (Wildman–Crippen LogP) is 4.09. The lowest BCUT2D eigenvalue weighted by atomic mass is 9.84. The average molecular weight is 422 g/mol. The van der Waals surface area contributed by atoms with Crippen LogP contribution in [0.2, 0.25) is 0 Å². The van der Waals surface area contributed by atoms with Gasteiger partial charge in [0.1, 0.15) is 0 Å². The number of unbranched alkanes of at least 4 members (excludes halogenated alkanes) is 1. The predicted molar refractivity (Wildman–Crippen MR) is 122 cm³/mol. The van der Waals surface area contributed by atoms with E-state index in [1.807, 2.05) is 29.9 Å². The minimum atomic E-state index is -0.0267. The van der Waals surface area contributed by atoms with E-state index in [0.717, 1.165) is 25.0 Å². The van der Waals surface area contributed by atoms with Crippen molar-refractivity contribution in [2.24, 2.45) is 18.4 Å². The van der Waals surface area contributed by atoms with Gasteiger partial charge in [0.25, 0.3) is 0 Å². The third kappa shape index (κ3) is 9.79. The van der Waals surface area contributed by atoms with Crippen molar-refractivity contribution in [3.8, 4) is 0 Å². The zero-order valence-electron chi connectivity index (χ0n) is 20.2. The second kappa shape index (κ2) is 12.8. The Morgan fingerprint density at radius 2 is 1.87 bits per heavy atom. The third-order valence-electron chi connectivity index (χ3n) is 5.27. The molecule has 1 atom stereocenters. The lowest BCUT2D eigenvalue weighted by Crippen LogP contribution is -2.44. The van der Waals surface area contributed by atoms with Crippen LogP contribution in [0.5, 0.6) is 0 Å². The van der Waals surface area contributed by atoms with Crippen LogP contribution in [0.3, 0.4) is 0 Å². The molecule has 0 aliphatic carbocycles. The summed E-state index contributed by atoms with van der Waals surface area (Å²) < 4.78 is 7.22. The van der Waals surface area contributed by atoms with Gasteiger partial charge >= 0.3 is 0 Å². The fraction of sp³-hybridized carbons (Fsp3) is 0.750. The first-order chi connectivity index (χ1) is 14.1. The standard InChI is InChI=1S/C24H43N3O3/c1-8-9-13-26(22(28)16-20(2)17-24(3,4)5)19-23(29)27(14-15-30-7)18-21-11-10-12-25(21)6/h10-12,20H,8-9,13-19H2,1-7H3/t20-/m0/s1. The first kappa shape index (κ1) is 26.2. The Bertz CT molecular complexity index is 648. The summed E-state index contributed by atoms with van der Waals surface area (Å²) in [5.74, 6) is 0.352. The van der Waals surface area contributed by atoms with Crippen molar-refractivity contribution in [2.45, 2.75) is 66.8 Å². The highest BCUT2D eigenvalue weighted by molar-refractivity contribution is 5.85. The highest BCUT2D eigenvalue weighted by Crippen LogP contribution is 2.26. The van der Waals surface area contributed by atoms with Crippen molar-refractivity contribution in [1.82, 2.24) is 14.4 Å². The topological polar surface area (TPSA) is 54.8 Å². The number of aryl methyl sites for hydroxylation is 1. The van der Waals surface area contributed by atoms with Crippen LogP contribution < -0.4 is 0 Å². The number of rotatable bonds is 13. The number of carbonyl (C=O) groups is 2. The molecular formula is C24H43N3O3. The zero-order chi connectivity index (χ0) is 22.7. The van der Waals surface area contributed by atoms with Gasteiger partial charge in [0.2, 0.25) is 11.8 Å². The molecule has 0 radical (unpaired) electrons. The summed E-state index contributed by atoms with van der Waals surface area (Å²) >= 11 is 0. The second-order valence-corrected chi connectivity index (χ2v) is 9.66. The van der Waals surface area contributed by atoms with Crippen molar-refractivity contribution < 1.29 is 14.3 Å². The average Bonchev–Trinajstić information content (AvgIpc) is 3.04. The minimum absolute atomic E-state index is 0.0267. The van der Waals surface area contributed by atoms with Crippen LogP contribution in [0.1, 0.15) is 66.0 Å². The highest BCUT2D eigenvalue weighted by atomic mass is 16.5. The molecule has 0 spiro atoms. The Morgan fingerprint density at radius 3 is 2.40 bits per heavy atom. The van der Waals surface area contributed by atoms with Crippen LogP contribution in [0.4, 0.5) is 0 Å². The van der Waals surface area contributed by atoms with Gasteiger partial charge in [-0.15, -0.1) is 0 Å². The van der Waals surface area contributed by atoms with Gasteiger partial charge in [-0.25, -0.2) is 0 Å². The summed E-state index contributed by atoms with van der Waals surface area (Å²) in [4.78, 5) is 29.7. The molecular weight excluding hydrogens is 378 g/mol. The van der Waals surface area contributed by atoms with Crippen LogP contribution in [-0.4, -0.2) is 59.5 Å². The van der Waals surface area contributed by atoms with Crippen LogP contribution >= 0.6 is 0 Å². The van der Waals surface area contributed by atoms with Crippen LogP contribution in [0.25, 0.3) is 0 Å². The van der Waals surface area contributed by atoms with E-state index >= 15 is 0 Å². The molecule has 0 N–H and O–H groups in total. The summed E-state index contributed by atoms with van der Waals surface area (Å²) in [6.07, 6.45) is 5.35. The normalized spacial score (nSPS) is 12.6. The van der Waals surface area contributed by atoms with Gasteiger partial charge in [-0.3, -0.25) is 9.59 Å². The Morgan fingerprint density at radius 1 is 1.17 bits per heavy atom. The Kier molecular flexibility index (Phi) is 11.2. The van der Waals surface area contributed by atoms with E-state index in [9.17, 15) is 9.59 Å². The van der Waals surface area contributed by atoms with E-state index in [1.165, 1.54) is 0 Å². The van der Waals surface area contributed by atoms with Gasteiger partial charge in [0.15, 0.2) is 0 Å². The van der Waals surface area contributed by atoms with Crippen molar-refractivity contribution in [3.05, 3.63) is 24.0 Å². The fourth-order valence-electron chi connectivity index (χ4n) is 3.80. The number of aromatic nitrogens is 1. The first-order valence-corrected chi connectivity index (χ1v) is 11.2. The maximum Gasteiger partial charge on any atom is 0.242 e. The Balaban J connectivity index is 2.83. The van der Waals surface area contributed by atoms with E-state index in [2.05, 4.69) is 34.6 Å². The molecule has 0 aliphatic heterocycles. The van der Waals surface area contributed by atoms with Gasteiger partial charge in [0, 0.05) is 45.6 Å². The number of nitrogens with zero attached hydrogens (tertiary/aromatic N) is 3. The van der Waals surface area contributed by atoms with Crippen molar-refractivity contribution >= 4 is 11.8 Å². The van der Waals surface area contributed by atoms with Gasteiger partial charge in [0.05, 0.1) is 19.7 Å². The Hall–Kier alpha value is -1.82. The SMILES string of the molecule is CCCCN(CC(=O)N(CCOC)Cc1cccn1C)C(=O)C[C@H](C)CC(C)(C)C. The first-order valence-electron chi connectivity index (χ1n) is 11.2. The van der Waals surface area contributed by atoms with Crippen molar-refractivity contribution in [2.75, 3.05) is 33.4 Å². The highest BCUT2D eigenvalue weighted by Gasteiger charge is 2.24. The molecule has 0 aromatic carbocycles. The number of hydrogen-bond donors (Lipinski definition) is 0. The maximum atomic E-state index is 13.1. The minimum Gasteiger partial charge on any atom is -0.383 e. The molecule has 0 saturated carbocycles. The molecule has 1 rings (SSSR count). The van der Waals surface area contributed by atoms with E-state index in [0.29, 0.717) is 38.6 Å². The maximum absolute atomic E-state index is 13.1. The van der Waals surface area contributed by atoms with E-state index in [4.69, 9.17) is 4.74 Å². The molecule has 0 aliphatic rings. The molecule has 6 nitrogen and oxygen atoms in total. The molecule has 0 unspecified atom stereocenters. The monoisotopic (exact) mass is 421 g/mol. The molecule has 172 valence electrons. The molecule has 1 aromatic rings. The molecule has 30 heavy (non-hydrogen) atoms. The van der Waals surface area contributed by atoms with Crippen LogP contribution in [0, 0.1) is 11.3 Å². The summed E-state index contributed by atoms with van der Waals surface area (Å²) in [7, 11) is 3.61. The lowest BCUT2D eigenvalue weighted by molar-refractivity contribution is -0.142. The number of carbonyl (C=O) groups excluding carboxylic acids is 2. The molecule has 2 amide bonds. The van der Waals surface area contributed by atoms with Crippen LogP contribution in [0.15, 0.2) is 18.3 Å². The molecule has 6 heteroatoms. The summed E-state index contributed by atoms with van der Waals surface area (Å²) in [6.45, 7) is 13.1. The summed E-state index contributed by atoms with van der Waals surface area (Å²) in [6, 6.07) is 3.99. The molecule has 1 aromatic heterocycles. The third-order valence-corrected chi connectivity index (χ3v) is 5.27. The van der Waals surface area contributed by atoms with E-state index in [-0.39, 0.29) is 23.8 Å². The van der Waals surface area contributed by atoms with E-state index in [1.54, 1.807) is 16.9 Å². The van der Waals surface area contributed by atoms with Crippen molar-refractivity contribution in [3.63, 3.8) is 0 Å². The number of ether oxygens (including phenoxy) is 1. The number of amides is 2. The van der Waals surface area contributed by atoms with Crippen LogP contribution in [-0.2, 0) is 27.9 Å². The Labute approximate surface area is 183 Å². The van der Waals surface area contributed by atoms with Gasteiger partial charge in [-0.1, -0.05) is 41.0 Å². The van der Waals surface area contributed by atoms with Crippen molar-refractivity contribution in [1.29, 1.82) is 0 Å². The molecule has 0 saturated heterocycles. The van der Waals surface area contributed by atoms with Gasteiger partial charge in [-0.2, -0.15) is 0 Å². The second-order valence-electron chi connectivity index (χ2n) is 9.66. The van der Waals surface area contributed by atoms with E-state index < -0.39 is 0 Å². The summed E-state index contributed by atoms with van der Waals surface area (Å²) in [5.41, 5.74) is 1.25. The zero-order valence-corrected chi connectivity index (χ0v) is 20.2. The van der Waals surface area contributed by atoms with Gasteiger partial charge < -0.3 is 19.1 Å². The van der Waals surface area contributed by atoms with Gasteiger partial charge in [-0.05, 0) is 36.3 Å². The quantitative estimate of drug-likeness (QED) is 0.482. The lowest BCUT2D eigenvalue weighted by Gasteiger charge is -2.29. The fourth-order valence-corrected chi connectivity index (χ4v) is 3.80. The largest absolute Gasteiger partial charge is 0.383 e. The summed E-state index contributed by atoms with van der Waals surface area (Å²) in [5, 5.41) is 0. The smallest absolute Gasteiger partial charge is 0.242 e. The number of methoxy groups -OCH3 is 1.